The molecule has 1 atom stereocenters. The van der Waals surface area contributed by atoms with Gasteiger partial charge in [-0.25, -0.2) is 4.99 Å². The molecule has 0 radical (unpaired) electrons. The van der Waals surface area contributed by atoms with Crippen LogP contribution in [0.4, 0.5) is 0 Å². The van der Waals surface area contributed by atoms with Crippen LogP contribution in [-0.4, -0.2) is 5.71 Å². The summed E-state index contributed by atoms with van der Waals surface area (Å²) in [6, 6.07) is 27.1. The fourth-order valence-corrected chi connectivity index (χ4v) is 3.63. The van der Waals surface area contributed by atoms with Gasteiger partial charge in [-0.3, -0.25) is 0 Å². The second-order valence-corrected chi connectivity index (χ2v) is 7.84. The van der Waals surface area contributed by atoms with E-state index in [1.165, 1.54) is 5.56 Å². The maximum Gasteiger partial charge on any atom is 0.0712 e. The van der Waals surface area contributed by atoms with Crippen LogP contribution in [0.25, 0.3) is 17.3 Å². The first kappa shape index (κ1) is 23.0. The Morgan fingerprint density at radius 3 is 2.03 bits per heavy atom. The molecule has 1 nitrogen and oxygen atoms in total. The molecule has 1 heteroatoms. The minimum atomic E-state index is 0.374. The molecular weight excluding hydrogens is 386 g/mol. The molecule has 0 aliphatic rings. The lowest BCUT2D eigenvalue weighted by Crippen LogP contribution is -1.99. The van der Waals surface area contributed by atoms with Crippen LogP contribution in [0.3, 0.4) is 0 Å². The molecule has 0 heterocycles. The number of nitrogens with zero attached hydrogens (tertiary/aromatic N) is 1. The van der Waals surface area contributed by atoms with Crippen LogP contribution in [0, 0.1) is 0 Å². The molecule has 0 aliphatic heterocycles. The first-order valence-corrected chi connectivity index (χ1v) is 11.0. The highest BCUT2D eigenvalue weighted by Crippen LogP contribution is 2.24. The number of rotatable bonds is 9. The van der Waals surface area contributed by atoms with Crippen molar-refractivity contribution in [1.29, 1.82) is 0 Å². The molecule has 0 aliphatic carbocycles. The monoisotopic (exact) mass is 417 g/mol. The molecule has 32 heavy (non-hydrogen) atoms. The number of benzene rings is 3. The number of hydrogen-bond acceptors (Lipinski definition) is 1. The van der Waals surface area contributed by atoms with E-state index in [2.05, 4.69) is 100 Å². The Balaban J connectivity index is 1.95. The van der Waals surface area contributed by atoms with Crippen molar-refractivity contribution < 1.29 is 0 Å². The van der Waals surface area contributed by atoms with Crippen LogP contribution in [0.5, 0.6) is 0 Å². The summed E-state index contributed by atoms with van der Waals surface area (Å²) in [5, 5.41) is 0. The zero-order valence-electron chi connectivity index (χ0n) is 19.1. The second kappa shape index (κ2) is 11.1. The van der Waals surface area contributed by atoms with Crippen molar-refractivity contribution in [2.45, 2.75) is 26.2 Å². The van der Waals surface area contributed by atoms with Crippen LogP contribution in [0.2, 0.25) is 0 Å². The first-order chi connectivity index (χ1) is 15.5. The van der Waals surface area contributed by atoms with Gasteiger partial charge in [0.15, 0.2) is 0 Å². The van der Waals surface area contributed by atoms with Crippen molar-refractivity contribution in [3.8, 4) is 0 Å². The van der Waals surface area contributed by atoms with E-state index in [-0.39, 0.29) is 0 Å². The minimum absolute atomic E-state index is 0.374. The lowest BCUT2D eigenvalue weighted by atomic mass is 9.95. The molecule has 0 aromatic heterocycles. The number of allylic oxidation sites excluding steroid dienone is 3. The Kier molecular flexibility index (Phi) is 7.94. The summed E-state index contributed by atoms with van der Waals surface area (Å²) in [5.41, 5.74) is 8.39. The summed E-state index contributed by atoms with van der Waals surface area (Å²) < 4.78 is 0. The van der Waals surface area contributed by atoms with E-state index in [1.54, 1.807) is 0 Å². The SMILES string of the molecule is C=Cc1ccc(/C(C)=C/C(=NC(=C)c2ccc(C(C=C)CC)cc2)c2ccccc2)cc1. The van der Waals surface area contributed by atoms with Gasteiger partial charge in [0, 0.05) is 11.5 Å². The summed E-state index contributed by atoms with van der Waals surface area (Å²) in [5.74, 6) is 0.374. The third-order valence-corrected chi connectivity index (χ3v) is 5.68. The Morgan fingerprint density at radius 2 is 1.47 bits per heavy atom. The smallest absolute Gasteiger partial charge is 0.0712 e. The maximum atomic E-state index is 4.94. The van der Waals surface area contributed by atoms with Crippen LogP contribution < -0.4 is 0 Å². The summed E-state index contributed by atoms with van der Waals surface area (Å²) in [6.07, 6.45) is 7.03. The summed E-state index contributed by atoms with van der Waals surface area (Å²) in [6.45, 7) is 16.3. The summed E-state index contributed by atoms with van der Waals surface area (Å²) in [4.78, 5) is 4.94. The largest absolute Gasteiger partial charge is 0.248 e. The number of aliphatic imine (C=N–C) groups is 1. The highest BCUT2D eigenvalue weighted by atomic mass is 14.8. The molecule has 0 bridgehead atoms. The Hall–Kier alpha value is -3.71. The van der Waals surface area contributed by atoms with Crippen LogP contribution in [0.15, 0.2) is 116 Å². The van der Waals surface area contributed by atoms with Gasteiger partial charge in [-0.15, -0.1) is 6.58 Å². The fourth-order valence-electron chi connectivity index (χ4n) is 3.63. The Labute approximate surface area is 192 Å². The topological polar surface area (TPSA) is 12.4 Å². The van der Waals surface area contributed by atoms with Crippen LogP contribution in [0.1, 0.15) is 54.0 Å². The molecular formula is C31H31N. The van der Waals surface area contributed by atoms with E-state index in [0.29, 0.717) is 5.92 Å². The maximum absolute atomic E-state index is 4.94. The van der Waals surface area contributed by atoms with E-state index < -0.39 is 0 Å². The third-order valence-electron chi connectivity index (χ3n) is 5.68. The van der Waals surface area contributed by atoms with Gasteiger partial charge in [0.05, 0.1) is 11.4 Å². The Bertz CT molecular complexity index is 1130. The van der Waals surface area contributed by atoms with Crippen molar-refractivity contribution in [2.75, 3.05) is 0 Å². The zero-order valence-corrected chi connectivity index (χ0v) is 19.1. The average Bonchev–Trinajstić information content (AvgIpc) is 2.85. The predicted molar refractivity (Wildman–Crippen MR) is 142 cm³/mol. The average molecular weight is 418 g/mol. The van der Waals surface area contributed by atoms with Gasteiger partial charge >= 0.3 is 0 Å². The van der Waals surface area contributed by atoms with Crippen LogP contribution >= 0.6 is 0 Å². The molecule has 3 aromatic carbocycles. The highest BCUT2D eigenvalue weighted by molar-refractivity contribution is 6.13. The molecule has 3 aromatic rings. The highest BCUT2D eigenvalue weighted by Gasteiger charge is 2.08. The van der Waals surface area contributed by atoms with Gasteiger partial charge in [-0.1, -0.05) is 111 Å². The van der Waals surface area contributed by atoms with Gasteiger partial charge in [-0.2, -0.15) is 0 Å². The van der Waals surface area contributed by atoms with E-state index in [1.807, 2.05) is 30.4 Å². The normalized spacial score (nSPS) is 12.8. The predicted octanol–water partition coefficient (Wildman–Crippen LogP) is 8.57. The molecule has 0 fully saturated rings. The van der Waals surface area contributed by atoms with Crippen molar-refractivity contribution in [3.05, 3.63) is 139 Å². The van der Waals surface area contributed by atoms with Gasteiger partial charge in [0.1, 0.15) is 0 Å². The summed E-state index contributed by atoms with van der Waals surface area (Å²) >= 11 is 0. The molecule has 160 valence electrons. The molecule has 0 spiro atoms. The fraction of sp³-hybridized carbons (Fsp3) is 0.129. The first-order valence-electron chi connectivity index (χ1n) is 11.0. The van der Waals surface area contributed by atoms with Gasteiger partial charge in [-0.05, 0) is 47.2 Å². The van der Waals surface area contributed by atoms with E-state index >= 15 is 0 Å². The van der Waals surface area contributed by atoms with E-state index in [0.717, 1.165) is 45.7 Å². The van der Waals surface area contributed by atoms with Crippen molar-refractivity contribution in [1.82, 2.24) is 0 Å². The molecule has 0 N–H and O–H groups in total. The number of hydrogen-bond donors (Lipinski definition) is 0. The minimum Gasteiger partial charge on any atom is -0.248 e. The molecule has 0 amide bonds. The van der Waals surface area contributed by atoms with Gasteiger partial charge in [0.25, 0.3) is 0 Å². The standard InChI is InChI=1S/C31H31N/c1-6-25-14-16-27(17-15-25)23(4)22-31(30-12-10-9-11-13-30)32-24(5)28-18-20-29(21-19-28)26(7-2)8-3/h6-7,9-22,26H,1-2,5,8H2,3-4H3/b23-22+,32-31?. The second-order valence-electron chi connectivity index (χ2n) is 7.84. The lowest BCUT2D eigenvalue weighted by Gasteiger charge is -2.11. The van der Waals surface area contributed by atoms with Crippen molar-refractivity contribution in [3.63, 3.8) is 0 Å². The molecule has 3 rings (SSSR count). The van der Waals surface area contributed by atoms with Crippen molar-refractivity contribution in [2.24, 2.45) is 4.99 Å². The van der Waals surface area contributed by atoms with Crippen LogP contribution in [-0.2, 0) is 0 Å². The third kappa shape index (κ3) is 5.70. The summed E-state index contributed by atoms with van der Waals surface area (Å²) in [7, 11) is 0. The quantitative estimate of drug-likeness (QED) is 0.244. The molecule has 0 saturated heterocycles. The zero-order chi connectivity index (χ0) is 22.9. The lowest BCUT2D eigenvalue weighted by molar-refractivity contribution is 0.807. The van der Waals surface area contributed by atoms with Gasteiger partial charge < -0.3 is 0 Å². The van der Waals surface area contributed by atoms with Crippen molar-refractivity contribution >= 4 is 23.1 Å². The Morgan fingerprint density at radius 1 is 0.844 bits per heavy atom. The van der Waals surface area contributed by atoms with E-state index in [9.17, 15) is 0 Å². The van der Waals surface area contributed by atoms with E-state index in [4.69, 9.17) is 4.99 Å². The van der Waals surface area contributed by atoms with Gasteiger partial charge in [0.2, 0.25) is 0 Å². The molecule has 1 unspecified atom stereocenters. The molecule has 0 saturated carbocycles.